The summed E-state index contributed by atoms with van der Waals surface area (Å²) in [4.78, 5) is 69.9. The van der Waals surface area contributed by atoms with Crippen LogP contribution in [0.5, 0.6) is 0 Å². The van der Waals surface area contributed by atoms with Crippen LogP contribution in [0, 0.1) is 16.7 Å². The van der Waals surface area contributed by atoms with E-state index in [1.54, 1.807) is 76.2 Å². The number of carbonyl (C=O) groups is 5. The molecule has 1 heterocycles. The number of aliphatic hydroxyl groups excluding tert-OH is 2. The van der Waals surface area contributed by atoms with Gasteiger partial charge in [0.05, 0.1) is 42.8 Å². The van der Waals surface area contributed by atoms with Crippen molar-refractivity contribution in [1.29, 1.82) is 0 Å². The van der Waals surface area contributed by atoms with E-state index in [0.717, 1.165) is 6.42 Å². The minimum absolute atomic E-state index is 0.0233. The first kappa shape index (κ1) is 47.3. The van der Waals surface area contributed by atoms with E-state index in [1.807, 2.05) is 0 Å². The van der Waals surface area contributed by atoms with Crippen LogP contribution in [0.1, 0.15) is 82.6 Å². The third-order valence-electron chi connectivity index (χ3n) is 13.5. The molecule has 62 heavy (non-hydrogen) atoms. The average molecular weight is 883 g/mol. The fourth-order valence-corrected chi connectivity index (χ4v) is 10.1. The Morgan fingerprint density at radius 1 is 0.935 bits per heavy atom. The van der Waals surface area contributed by atoms with E-state index in [4.69, 9.17) is 33.2 Å². The molecule has 338 valence electrons. The first-order valence-electron chi connectivity index (χ1n) is 21.0. The second-order valence-electron chi connectivity index (χ2n) is 17.4. The molecule has 3 aliphatic carbocycles. The van der Waals surface area contributed by atoms with Gasteiger partial charge >= 0.3 is 23.9 Å². The number of ether oxygens (including phenoxy) is 7. The molecular formula is C46H58O15S. The van der Waals surface area contributed by atoms with E-state index >= 15 is 4.79 Å². The highest BCUT2D eigenvalue weighted by Gasteiger charge is 2.78. The minimum atomic E-state index is -2.32. The van der Waals surface area contributed by atoms with Crippen molar-refractivity contribution in [1.82, 2.24) is 0 Å². The van der Waals surface area contributed by atoms with E-state index in [9.17, 15) is 34.5 Å². The van der Waals surface area contributed by atoms with Crippen molar-refractivity contribution in [3.63, 3.8) is 0 Å². The highest BCUT2D eigenvalue weighted by molar-refractivity contribution is 7.80. The fraction of sp³-hybridized carbons (Fsp3) is 0.587. The number of aliphatic hydroxyl groups is 3. The van der Waals surface area contributed by atoms with Crippen LogP contribution in [0.3, 0.4) is 0 Å². The molecule has 0 unspecified atom stereocenters. The van der Waals surface area contributed by atoms with Crippen molar-refractivity contribution >= 4 is 42.3 Å². The van der Waals surface area contributed by atoms with Gasteiger partial charge in [-0.25, -0.2) is 14.4 Å². The summed E-state index contributed by atoms with van der Waals surface area (Å²) in [6.45, 7) is 8.99. The molecule has 2 bridgehead atoms. The molecule has 11 atom stereocenters. The van der Waals surface area contributed by atoms with E-state index in [1.165, 1.54) is 26.0 Å². The Kier molecular flexibility index (Phi) is 14.4. The topological polar surface area (TPSA) is 211 Å². The molecule has 16 heteroatoms. The summed E-state index contributed by atoms with van der Waals surface area (Å²) in [6, 6.07) is 16.8. The standard InChI is InChI=1S/C46H58O15S/c1-26(29-14-9-7-10-15-29)37(59-34(49)24-56-20-19-55-18-13-21-62)42(53)58-31-23-46(54)40(60-41(52)30-16-11-8-12-17-30)38-44(6,39(51)36(50)35(27(31)2)43(46,4)5)32(48)22-33-45(38,25-57-33)61-28(3)47/h7-12,14-17,26,31-33,36-38,40,48,50,54,62H,13,18-25H2,1-6H3/t26-,31-,32-,33+,36+,37+,38-,40-,44+,45-,46+/m0/s1. The van der Waals surface area contributed by atoms with Gasteiger partial charge in [-0.1, -0.05) is 69.3 Å². The Hall–Kier alpha value is -4.16. The predicted molar refractivity (Wildman–Crippen MR) is 224 cm³/mol. The minimum Gasteiger partial charge on any atom is -0.455 e. The maximum Gasteiger partial charge on any atom is 0.348 e. The van der Waals surface area contributed by atoms with Crippen LogP contribution in [0.25, 0.3) is 0 Å². The molecule has 4 aliphatic rings. The van der Waals surface area contributed by atoms with Crippen molar-refractivity contribution in [2.24, 2.45) is 16.7 Å². The molecule has 2 aromatic rings. The molecule has 1 aliphatic heterocycles. The Bertz CT molecular complexity index is 2010. The van der Waals surface area contributed by atoms with Crippen LogP contribution in [0.15, 0.2) is 71.8 Å². The number of carbonyl (C=O) groups excluding carboxylic acids is 5. The van der Waals surface area contributed by atoms with Gasteiger partial charge in [-0.3, -0.25) is 9.59 Å². The monoisotopic (exact) mass is 882 g/mol. The number of thiol groups is 1. The molecule has 2 saturated carbocycles. The van der Waals surface area contributed by atoms with Gasteiger partial charge in [-0.15, -0.1) is 0 Å². The van der Waals surface area contributed by atoms with Crippen molar-refractivity contribution < 1.29 is 72.5 Å². The molecule has 3 N–H and O–H groups in total. The lowest BCUT2D eigenvalue weighted by molar-refractivity contribution is -0.346. The van der Waals surface area contributed by atoms with Crippen molar-refractivity contribution in [2.75, 3.05) is 38.8 Å². The van der Waals surface area contributed by atoms with E-state index < -0.39 is 113 Å². The average Bonchev–Trinajstić information content (AvgIpc) is 3.24. The molecule has 0 aromatic heterocycles. The second kappa shape index (κ2) is 18.9. The summed E-state index contributed by atoms with van der Waals surface area (Å²) < 4.78 is 41.2. The van der Waals surface area contributed by atoms with Crippen molar-refractivity contribution in [3.05, 3.63) is 82.9 Å². The predicted octanol–water partition coefficient (Wildman–Crippen LogP) is 3.70. The summed E-state index contributed by atoms with van der Waals surface area (Å²) >= 11 is 4.15. The number of ketones is 1. The Morgan fingerprint density at radius 2 is 1.58 bits per heavy atom. The van der Waals surface area contributed by atoms with Crippen LogP contribution in [-0.4, -0.2) is 132 Å². The summed E-state index contributed by atoms with van der Waals surface area (Å²) in [6.07, 6.45) is -9.10. The quantitative estimate of drug-likeness (QED) is 0.0623. The van der Waals surface area contributed by atoms with Gasteiger partial charge in [0.15, 0.2) is 11.4 Å². The first-order chi connectivity index (χ1) is 29.3. The molecule has 3 fully saturated rings. The number of hydrogen-bond donors (Lipinski definition) is 4. The summed E-state index contributed by atoms with van der Waals surface area (Å²) in [5, 5.41) is 37.7. The lowest BCUT2D eigenvalue weighted by atomic mass is 9.44. The highest BCUT2D eigenvalue weighted by atomic mass is 32.1. The largest absolute Gasteiger partial charge is 0.455 e. The summed E-state index contributed by atoms with van der Waals surface area (Å²) in [5.41, 5.74) is -6.73. The lowest BCUT2D eigenvalue weighted by Crippen LogP contribution is -2.81. The van der Waals surface area contributed by atoms with Gasteiger partial charge < -0.3 is 48.5 Å². The zero-order valence-electron chi connectivity index (χ0n) is 35.9. The molecule has 6 rings (SSSR count). The van der Waals surface area contributed by atoms with Gasteiger partial charge in [0.1, 0.15) is 36.6 Å². The molecule has 2 aromatic carbocycles. The number of Topliss-reactive ketones (excluding diaryl/α,β-unsaturated/α-hetero) is 1. The second-order valence-corrected chi connectivity index (χ2v) is 17.9. The van der Waals surface area contributed by atoms with Crippen LogP contribution in [-0.2, 0) is 52.3 Å². The first-order valence-corrected chi connectivity index (χ1v) is 21.6. The maximum absolute atomic E-state index is 15.1. The van der Waals surface area contributed by atoms with Gasteiger partial charge in [0, 0.05) is 37.7 Å². The number of hydrogen-bond acceptors (Lipinski definition) is 16. The maximum atomic E-state index is 15.1. The van der Waals surface area contributed by atoms with Gasteiger partial charge in [-0.05, 0) is 54.9 Å². The van der Waals surface area contributed by atoms with Gasteiger partial charge in [0.2, 0.25) is 6.10 Å². The van der Waals surface area contributed by atoms with Crippen molar-refractivity contribution in [3.8, 4) is 0 Å². The van der Waals surface area contributed by atoms with Crippen LogP contribution in [0.2, 0.25) is 0 Å². The molecule has 0 spiro atoms. The van der Waals surface area contributed by atoms with E-state index in [0.29, 0.717) is 17.9 Å². The Balaban J connectivity index is 1.42. The normalized spacial score (nSPS) is 32.1. The van der Waals surface area contributed by atoms with Crippen LogP contribution >= 0.6 is 12.6 Å². The third kappa shape index (κ3) is 8.59. The third-order valence-corrected chi connectivity index (χ3v) is 13.8. The van der Waals surface area contributed by atoms with Gasteiger partial charge in [0.25, 0.3) is 0 Å². The summed E-state index contributed by atoms with van der Waals surface area (Å²) in [7, 11) is 0. The zero-order valence-corrected chi connectivity index (χ0v) is 36.8. The van der Waals surface area contributed by atoms with Crippen molar-refractivity contribution in [2.45, 2.75) is 115 Å². The highest BCUT2D eigenvalue weighted by Crippen LogP contribution is 2.64. The molecule has 1 saturated heterocycles. The van der Waals surface area contributed by atoms with Crippen LogP contribution in [0.4, 0.5) is 0 Å². The van der Waals surface area contributed by atoms with E-state index in [2.05, 4.69) is 12.6 Å². The Labute approximate surface area is 366 Å². The Morgan fingerprint density at radius 3 is 2.19 bits per heavy atom. The number of fused-ring (bicyclic) bond motifs is 5. The molecular weight excluding hydrogens is 825 g/mol. The molecule has 0 radical (unpaired) electrons. The smallest absolute Gasteiger partial charge is 0.348 e. The lowest BCUT2D eigenvalue weighted by Gasteiger charge is -2.67. The number of benzene rings is 2. The SMILES string of the molecule is CC(=O)O[C@@]12CO[C@@H]1C[C@H](O)[C@@]1(C)C(=O)[C@H](O)C3=C(C)[C@@H](OC(=O)[C@H](OC(=O)COCCOCCCS)[C@@H](C)c4ccccc4)C[C@@](O)([C@@H](OC(=O)c4ccccc4)[C@H]21)C3(C)C. The number of esters is 4. The fourth-order valence-electron chi connectivity index (χ4n) is 9.98. The molecule has 0 amide bonds. The van der Waals surface area contributed by atoms with E-state index in [-0.39, 0.29) is 43.0 Å². The molecule has 15 nitrogen and oxygen atoms in total. The summed E-state index contributed by atoms with van der Waals surface area (Å²) in [5.74, 6) is -6.00. The van der Waals surface area contributed by atoms with Gasteiger partial charge in [-0.2, -0.15) is 12.6 Å². The van der Waals surface area contributed by atoms with Crippen LogP contribution < -0.4 is 0 Å². The number of rotatable bonds is 16. The zero-order chi connectivity index (χ0) is 45.2.